The summed E-state index contributed by atoms with van der Waals surface area (Å²) in [6, 6.07) is 3.96. The standard InChI is InChI=1S/C18H20N6O3/c1-12-3-2-5-23-13(8-19-16(12)23)7-15(25)22-6-4-18(10-22)11-24-14(9-27-18)20-21-17(24)26/h2-3,5,8H,4,6-7,9-11H2,1H3,(H,21,26). The summed E-state index contributed by atoms with van der Waals surface area (Å²) >= 11 is 0. The minimum atomic E-state index is -0.508. The van der Waals surface area contributed by atoms with Crippen molar-refractivity contribution in [1.29, 1.82) is 0 Å². The number of nitrogens with zero attached hydrogens (tertiary/aromatic N) is 5. The molecule has 3 aromatic heterocycles. The van der Waals surface area contributed by atoms with E-state index in [2.05, 4.69) is 15.2 Å². The molecule has 1 saturated heterocycles. The first kappa shape index (κ1) is 16.2. The molecule has 1 atom stereocenters. The van der Waals surface area contributed by atoms with Crippen LogP contribution in [0.4, 0.5) is 0 Å². The molecule has 0 aliphatic carbocycles. The number of likely N-dealkylation sites (tertiary alicyclic amines) is 1. The molecule has 0 radical (unpaired) electrons. The van der Waals surface area contributed by atoms with Gasteiger partial charge in [0, 0.05) is 18.9 Å². The monoisotopic (exact) mass is 368 g/mol. The molecule has 140 valence electrons. The molecule has 2 aliphatic rings. The van der Waals surface area contributed by atoms with Crippen molar-refractivity contribution in [3.8, 4) is 0 Å². The molecule has 0 saturated carbocycles. The van der Waals surface area contributed by atoms with Gasteiger partial charge < -0.3 is 14.0 Å². The van der Waals surface area contributed by atoms with Crippen LogP contribution in [0.5, 0.6) is 0 Å². The molecule has 1 spiro atoms. The molecule has 1 amide bonds. The number of nitrogens with one attached hydrogen (secondary N) is 1. The minimum absolute atomic E-state index is 0.0455. The zero-order valence-electron chi connectivity index (χ0n) is 15.0. The highest BCUT2D eigenvalue weighted by atomic mass is 16.5. The van der Waals surface area contributed by atoms with Gasteiger partial charge in [-0.2, -0.15) is 5.10 Å². The Morgan fingerprint density at radius 1 is 1.41 bits per heavy atom. The number of fused-ring (bicyclic) bond motifs is 2. The van der Waals surface area contributed by atoms with E-state index >= 15 is 0 Å². The van der Waals surface area contributed by atoms with Crippen LogP contribution in [-0.4, -0.2) is 53.6 Å². The van der Waals surface area contributed by atoms with Crippen molar-refractivity contribution in [3.05, 3.63) is 52.1 Å². The second-order valence-corrected chi connectivity index (χ2v) is 7.38. The number of aromatic amines is 1. The Kier molecular flexibility index (Phi) is 3.48. The molecule has 1 fully saturated rings. The summed E-state index contributed by atoms with van der Waals surface area (Å²) in [5.41, 5.74) is 2.09. The van der Waals surface area contributed by atoms with Crippen molar-refractivity contribution in [2.24, 2.45) is 0 Å². The Hall–Kier alpha value is -2.94. The van der Waals surface area contributed by atoms with E-state index in [0.29, 0.717) is 31.9 Å². The van der Waals surface area contributed by atoms with E-state index in [-0.39, 0.29) is 24.6 Å². The molecular weight excluding hydrogens is 348 g/mol. The van der Waals surface area contributed by atoms with Gasteiger partial charge in [0.25, 0.3) is 0 Å². The van der Waals surface area contributed by atoms with Crippen LogP contribution in [0.25, 0.3) is 5.65 Å². The van der Waals surface area contributed by atoms with Crippen molar-refractivity contribution < 1.29 is 9.53 Å². The lowest BCUT2D eigenvalue weighted by molar-refractivity contribution is -0.132. The fourth-order valence-electron chi connectivity index (χ4n) is 4.08. The Morgan fingerprint density at radius 2 is 2.30 bits per heavy atom. The molecule has 2 aliphatic heterocycles. The second kappa shape index (κ2) is 5.78. The van der Waals surface area contributed by atoms with Crippen LogP contribution < -0.4 is 5.69 Å². The van der Waals surface area contributed by atoms with Gasteiger partial charge in [-0.1, -0.05) is 6.07 Å². The Labute approximate surface area is 154 Å². The van der Waals surface area contributed by atoms with E-state index in [1.807, 2.05) is 34.6 Å². The molecule has 27 heavy (non-hydrogen) atoms. The summed E-state index contributed by atoms with van der Waals surface area (Å²) in [5.74, 6) is 0.653. The first-order valence-corrected chi connectivity index (χ1v) is 9.02. The number of H-pyrrole nitrogens is 1. The predicted molar refractivity (Wildman–Crippen MR) is 95.2 cm³/mol. The van der Waals surface area contributed by atoms with Gasteiger partial charge in [0.05, 0.1) is 25.2 Å². The van der Waals surface area contributed by atoms with E-state index in [0.717, 1.165) is 16.9 Å². The quantitative estimate of drug-likeness (QED) is 0.700. The maximum atomic E-state index is 12.9. The van der Waals surface area contributed by atoms with Crippen molar-refractivity contribution in [2.45, 2.75) is 38.5 Å². The van der Waals surface area contributed by atoms with Crippen LogP contribution in [0.15, 0.2) is 29.3 Å². The lowest BCUT2D eigenvalue weighted by atomic mass is 10.0. The summed E-state index contributed by atoms with van der Waals surface area (Å²) in [6.45, 7) is 3.82. The van der Waals surface area contributed by atoms with E-state index < -0.39 is 5.60 Å². The van der Waals surface area contributed by atoms with Crippen molar-refractivity contribution >= 4 is 11.6 Å². The molecule has 3 aromatic rings. The number of aryl methyl sites for hydroxylation is 1. The number of pyridine rings is 1. The van der Waals surface area contributed by atoms with Crippen LogP contribution in [-0.2, 0) is 29.1 Å². The van der Waals surface area contributed by atoms with Crippen LogP contribution in [0, 0.1) is 6.92 Å². The van der Waals surface area contributed by atoms with Gasteiger partial charge >= 0.3 is 5.69 Å². The van der Waals surface area contributed by atoms with Crippen LogP contribution >= 0.6 is 0 Å². The van der Waals surface area contributed by atoms with Crippen molar-refractivity contribution in [3.63, 3.8) is 0 Å². The van der Waals surface area contributed by atoms with Gasteiger partial charge in [-0.15, -0.1) is 0 Å². The largest absolute Gasteiger partial charge is 0.363 e. The smallest absolute Gasteiger partial charge is 0.343 e. The van der Waals surface area contributed by atoms with E-state index in [1.165, 1.54) is 0 Å². The Bertz CT molecular complexity index is 1100. The van der Waals surface area contributed by atoms with Crippen LogP contribution in [0.1, 0.15) is 23.5 Å². The number of rotatable bonds is 2. The van der Waals surface area contributed by atoms with Crippen LogP contribution in [0.3, 0.4) is 0 Å². The normalized spacial score (nSPS) is 21.9. The first-order valence-electron chi connectivity index (χ1n) is 9.02. The Balaban J connectivity index is 1.33. The van der Waals surface area contributed by atoms with Gasteiger partial charge in [-0.25, -0.2) is 14.9 Å². The average Bonchev–Trinajstić information content (AvgIpc) is 3.35. The summed E-state index contributed by atoms with van der Waals surface area (Å²) in [5, 5.41) is 6.42. The molecule has 0 aromatic carbocycles. The highest BCUT2D eigenvalue weighted by molar-refractivity contribution is 5.79. The third-order valence-corrected chi connectivity index (χ3v) is 5.60. The molecule has 1 N–H and O–H groups in total. The number of carbonyl (C=O) groups excluding carboxylic acids is 1. The highest BCUT2D eigenvalue weighted by Gasteiger charge is 2.44. The summed E-state index contributed by atoms with van der Waals surface area (Å²) in [6.07, 6.45) is 4.70. The van der Waals surface area contributed by atoms with E-state index in [4.69, 9.17) is 4.74 Å². The third-order valence-electron chi connectivity index (χ3n) is 5.60. The predicted octanol–water partition coefficient (Wildman–Crippen LogP) is 0.272. The zero-order valence-corrected chi connectivity index (χ0v) is 15.0. The van der Waals surface area contributed by atoms with Gasteiger partial charge in [0.2, 0.25) is 5.91 Å². The molecule has 5 rings (SSSR count). The maximum absolute atomic E-state index is 12.9. The third kappa shape index (κ3) is 2.57. The first-order chi connectivity index (χ1) is 13.0. The number of ether oxygens (including phenoxy) is 1. The summed E-state index contributed by atoms with van der Waals surface area (Å²) in [4.78, 5) is 31.0. The number of hydrogen-bond acceptors (Lipinski definition) is 5. The maximum Gasteiger partial charge on any atom is 0.343 e. The summed E-state index contributed by atoms with van der Waals surface area (Å²) in [7, 11) is 0. The Morgan fingerprint density at radius 3 is 3.19 bits per heavy atom. The second-order valence-electron chi connectivity index (χ2n) is 7.38. The van der Waals surface area contributed by atoms with Crippen molar-refractivity contribution in [2.75, 3.05) is 13.1 Å². The molecule has 9 nitrogen and oxygen atoms in total. The van der Waals surface area contributed by atoms with Gasteiger partial charge in [0.1, 0.15) is 17.9 Å². The lowest BCUT2D eigenvalue weighted by Crippen LogP contribution is -2.47. The van der Waals surface area contributed by atoms with Gasteiger partial charge in [-0.3, -0.25) is 9.36 Å². The molecule has 1 unspecified atom stereocenters. The number of carbonyl (C=O) groups is 1. The summed E-state index contributed by atoms with van der Waals surface area (Å²) < 4.78 is 9.60. The van der Waals surface area contributed by atoms with Gasteiger partial charge in [0.15, 0.2) is 5.82 Å². The van der Waals surface area contributed by atoms with E-state index in [1.54, 1.807) is 10.8 Å². The van der Waals surface area contributed by atoms with Crippen molar-refractivity contribution in [1.82, 2.24) is 29.0 Å². The minimum Gasteiger partial charge on any atom is -0.363 e. The fraction of sp³-hybridized carbons (Fsp3) is 0.444. The lowest BCUT2D eigenvalue weighted by Gasteiger charge is -2.33. The van der Waals surface area contributed by atoms with Crippen LogP contribution in [0.2, 0.25) is 0 Å². The zero-order chi connectivity index (χ0) is 18.6. The van der Waals surface area contributed by atoms with Gasteiger partial charge in [-0.05, 0) is 25.0 Å². The van der Waals surface area contributed by atoms with E-state index in [9.17, 15) is 9.59 Å². The number of hydrogen-bond donors (Lipinski definition) is 1. The molecule has 5 heterocycles. The number of aromatic nitrogens is 5. The molecule has 9 heteroatoms. The number of amides is 1. The average molecular weight is 368 g/mol. The SMILES string of the molecule is Cc1cccn2c(CC(=O)N3CCC4(C3)Cn3c(n[nH]c3=O)CO4)cnc12. The molecular formula is C18H20N6O3. The fourth-order valence-corrected chi connectivity index (χ4v) is 4.08. The molecule has 0 bridgehead atoms. The number of imidazole rings is 1. The topological polar surface area (TPSA) is 97.5 Å². The highest BCUT2D eigenvalue weighted by Crippen LogP contribution is 2.31.